The Balaban J connectivity index is 1.61. The average Bonchev–Trinajstić information content (AvgIpc) is 2.92. The molecule has 1 aromatic rings. The lowest BCUT2D eigenvalue weighted by atomic mass is 10.0. The molecule has 2 heterocycles. The van der Waals surface area contributed by atoms with Crippen LogP contribution in [0, 0.1) is 5.92 Å². The molecule has 0 bridgehead atoms. The highest BCUT2D eigenvalue weighted by molar-refractivity contribution is 7.11. The Bertz CT molecular complexity index is 479. The summed E-state index contributed by atoms with van der Waals surface area (Å²) in [5.74, 6) is -0.984. The van der Waals surface area contributed by atoms with Crippen molar-refractivity contribution >= 4 is 17.3 Å². The van der Waals surface area contributed by atoms with Gasteiger partial charge in [0.1, 0.15) is 5.01 Å². The van der Waals surface area contributed by atoms with Gasteiger partial charge in [-0.1, -0.05) is 0 Å². The molecule has 1 aromatic heterocycles. The maximum Gasteiger partial charge on any atom is 0.303 e. The summed E-state index contributed by atoms with van der Waals surface area (Å²) in [5, 5.41) is 19.9. The Morgan fingerprint density at radius 1 is 1.35 bits per heavy atom. The number of aryl methyl sites for hydroxylation is 2. The smallest absolute Gasteiger partial charge is 0.303 e. The van der Waals surface area contributed by atoms with Crippen molar-refractivity contribution in [2.24, 2.45) is 5.92 Å². The van der Waals surface area contributed by atoms with Crippen LogP contribution in [-0.4, -0.2) is 45.3 Å². The maximum atomic E-state index is 10.8. The molecule has 3 rings (SSSR count). The van der Waals surface area contributed by atoms with Crippen LogP contribution in [0.1, 0.15) is 34.8 Å². The number of nitrogens with zero attached hydrogens (tertiary/aromatic N) is 2. The molecule has 0 saturated carbocycles. The van der Waals surface area contributed by atoms with Crippen LogP contribution in [0.2, 0.25) is 0 Å². The fourth-order valence-electron chi connectivity index (χ4n) is 3.16. The van der Waals surface area contributed by atoms with Crippen molar-refractivity contribution in [2.45, 2.75) is 44.8 Å². The molecule has 1 aliphatic heterocycles. The number of carbonyl (C=O) groups is 1. The van der Waals surface area contributed by atoms with E-state index in [2.05, 4.69) is 4.90 Å². The van der Waals surface area contributed by atoms with Crippen molar-refractivity contribution in [1.82, 2.24) is 9.88 Å². The van der Waals surface area contributed by atoms with Gasteiger partial charge in [-0.15, -0.1) is 11.3 Å². The number of hydrogen-bond donors (Lipinski definition) is 2. The standard InChI is InChI=1S/C14H20N2O3S/c17-11-7-16(6-9(11)5-14(18)19)8-13-15-10-3-1-2-4-12(10)20-13/h9,11,17H,1-8H2,(H,18,19)/t9-,11-/m1/s1. The monoisotopic (exact) mass is 296 g/mol. The van der Waals surface area contributed by atoms with Gasteiger partial charge in [-0.2, -0.15) is 0 Å². The number of rotatable bonds is 4. The molecule has 0 radical (unpaired) electrons. The molecule has 2 aliphatic rings. The molecular formula is C14H20N2O3S. The summed E-state index contributed by atoms with van der Waals surface area (Å²) in [4.78, 5) is 19.0. The number of β-amino-alcohol motifs (C(OH)–C–C–N with tert-alkyl or cyclic N) is 1. The van der Waals surface area contributed by atoms with Crippen molar-refractivity contribution in [2.75, 3.05) is 13.1 Å². The van der Waals surface area contributed by atoms with Gasteiger partial charge in [-0.3, -0.25) is 9.69 Å². The number of aliphatic hydroxyl groups is 1. The van der Waals surface area contributed by atoms with E-state index in [0.29, 0.717) is 13.1 Å². The molecule has 5 nitrogen and oxygen atoms in total. The van der Waals surface area contributed by atoms with Gasteiger partial charge >= 0.3 is 5.97 Å². The summed E-state index contributed by atoms with van der Waals surface area (Å²) >= 11 is 1.79. The van der Waals surface area contributed by atoms with Gasteiger partial charge < -0.3 is 10.2 Å². The molecule has 6 heteroatoms. The van der Waals surface area contributed by atoms with Crippen LogP contribution >= 0.6 is 11.3 Å². The van der Waals surface area contributed by atoms with E-state index < -0.39 is 12.1 Å². The van der Waals surface area contributed by atoms with Gasteiger partial charge in [0.25, 0.3) is 0 Å². The summed E-state index contributed by atoms with van der Waals surface area (Å²) in [5.41, 5.74) is 1.26. The van der Waals surface area contributed by atoms with E-state index in [9.17, 15) is 9.90 Å². The number of aromatic nitrogens is 1. The lowest BCUT2D eigenvalue weighted by molar-refractivity contribution is -0.138. The molecule has 1 fully saturated rings. The third-order valence-electron chi connectivity index (χ3n) is 4.17. The van der Waals surface area contributed by atoms with Crippen LogP contribution in [-0.2, 0) is 24.2 Å². The number of likely N-dealkylation sites (tertiary alicyclic amines) is 1. The Morgan fingerprint density at radius 3 is 2.90 bits per heavy atom. The third-order valence-corrected chi connectivity index (χ3v) is 5.31. The van der Waals surface area contributed by atoms with Gasteiger partial charge in [0.05, 0.1) is 24.8 Å². The summed E-state index contributed by atoms with van der Waals surface area (Å²) < 4.78 is 0. The van der Waals surface area contributed by atoms with Gasteiger partial charge in [-0.25, -0.2) is 4.98 Å². The summed E-state index contributed by atoms with van der Waals surface area (Å²) in [6.45, 7) is 1.95. The Hall–Kier alpha value is -0.980. The van der Waals surface area contributed by atoms with Crippen LogP contribution in [0.5, 0.6) is 0 Å². The van der Waals surface area contributed by atoms with Gasteiger partial charge in [0, 0.05) is 23.9 Å². The Labute approximate surface area is 122 Å². The first-order valence-electron chi connectivity index (χ1n) is 7.21. The molecule has 2 N–H and O–H groups in total. The normalized spacial score (nSPS) is 26.6. The highest BCUT2D eigenvalue weighted by Crippen LogP contribution is 2.29. The third kappa shape index (κ3) is 3.02. The predicted molar refractivity (Wildman–Crippen MR) is 75.8 cm³/mol. The lowest BCUT2D eigenvalue weighted by Gasteiger charge is -2.12. The quantitative estimate of drug-likeness (QED) is 0.876. The zero-order valence-corrected chi connectivity index (χ0v) is 12.2. The summed E-state index contributed by atoms with van der Waals surface area (Å²) in [6.07, 6.45) is 4.26. The average molecular weight is 296 g/mol. The number of carboxylic acid groups (broad SMARTS) is 1. The van der Waals surface area contributed by atoms with Crippen molar-refractivity contribution in [3.8, 4) is 0 Å². The fourth-order valence-corrected chi connectivity index (χ4v) is 4.36. The van der Waals surface area contributed by atoms with Crippen LogP contribution in [0.25, 0.3) is 0 Å². The van der Waals surface area contributed by atoms with Gasteiger partial charge in [0.2, 0.25) is 0 Å². The molecule has 0 unspecified atom stereocenters. The zero-order chi connectivity index (χ0) is 14.1. The molecule has 1 saturated heterocycles. The topological polar surface area (TPSA) is 73.7 Å². The predicted octanol–water partition coefficient (Wildman–Crippen LogP) is 1.29. The van der Waals surface area contributed by atoms with Gasteiger partial charge in [-0.05, 0) is 25.7 Å². The van der Waals surface area contributed by atoms with E-state index in [1.165, 1.54) is 23.4 Å². The Morgan fingerprint density at radius 2 is 2.15 bits per heavy atom. The minimum atomic E-state index is -0.833. The molecule has 2 atom stereocenters. The molecule has 1 aliphatic carbocycles. The van der Waals surface area contributed by atoms with Crippen LogP contribution in [0.3, 0.4) is 0 Å². The SMILES string of the molecule is O=C(O)C[C@@H]1CN(Cc2nc3c(s2)CCCC3)C[C@H]1O. The lowest BCUT2D eigenvalue weighted by Crippen LogP contribution is -2.21. The molecule has 0 aromatic carbocycles. The van der Waals surface area contributed by atoms with Crippen molar-refractivity contribution in [3.63, 3.8) is 0 Å². The first-order chi connectivity index (χ1) is 9.61. The second-order valence-electron chi connectivity index (χ2n) is 5.80. The molecule has 20 heavy (non-hydrogen) atoms. The second-order valence-corrected chi connectivity index (χ2v) is 6.97. The Kier molecular flexibility index (Phi) is 4.05. The minimum Gasteiger partial charge on any atom is -0.481 e. The molecular weight excluding hydrogens is 276 g/mol. The number of carboxylic acids is 1. The van der Waals surface area contributed by atoms with E-state index in [-0.39, 0.29) is 12.3 Å². The first-order valence-corrected chi connectivity index (χ1v) is 8.03. The van der Waals surface area contributed by atoms with E-state index in [0.717, 1.165) is 24.4 Å². The number of aliphatic hydroxyl groups excluding tert-OH is 1. The molecule has 110 valence electrons. The molecule has 0 amide bonds. The summed E-state index contributed by atoms with van der Waals surface area (Å²) in [7, 11) is 0. The van der Waals surface area contributed by atoms with E-state index in [4.69, 9.17) is 10.1 Å². The zero-order valence-electron chi connectivity index (χ0n) is 11.4. The van der Waals surface area contributed by atoms with Crippen molar-refractivity contribution in [1.29, 1.82) is 0 Å². The van der Waals surface area contributed by atoms with Crippen LogP contribution in [0.4, 0.5) is 0 Å². The second kappa shape index (κ2) is 5.79. The van der Waals surface area contributed by atoms with Gasteiger partial charge in [0.15, 0.2) is 0 Å². The number of thiazole rings is 1. The number of fused-ring (bicyclic) bond motifs is 1. The number of hydrogen-bond acceptors (Lipinski definition) is 5. The fraction of sp³-hybridized carbons (Fsp3) is 0.714. The highest BCUT2D eigenvalue weighted by Gasteiger charge is 2.33. The minimum absolute atomic E-state index is 0.0477. The number of aliphatic carboxylic acids is 1. The van der Waals surface area contributed by atoms with E-state index in [1.807, 2.05) is 0 Å². The highest BCUT2D eigenvalue weighted by atomic mass is 32.1. The van der Waals surface area contributed by atoms with Crippen molar-refractivity contribution < 1.29 is 15.0 Å². The van der Waals surface area contributed by atoms with Crippen LogP contribution in [0.15, 0.2) is 0 Å². The first kappa shape index (κ1) is 14.0. The van der Waals surface area contributed by atoms with E-state index >= 15 is 0 Å². The largest absolute Gasteiger partial charge is 0.481 e. The maximum absolute atomic E-state index is 10.8. The summed E-state index contributed by atoms with van der Waals surface area (Å²) in [6, 6.07) is 0. The van der Waals surface area contributed by atoms with Crippen molar-refractivity contribution in [3.05, 3.63) is 15.6 Å². The van der Waals surface area contributed by atoms with Crippen LogP contribution < -0.4 is 0 Å². The molecule has 0 spiro atoms. The van der Waals surface area contributed by atoms with E-state index in [1.54, 1.807) is 11.3 Å².